The smallest absolute Gasteiger partial charge is 0.410 e. The third-order valence-electron chi connectivity index (χ3n) is 6.79. The summed E-state index contributed by atoms with van der Waals surface area (Å²) in [5, 5.41) is 4.09. The van der Waals surface area contributed by atoms with E-state index in [4.69, 9.17) is 9.57 Å². The zero-order valence-corrected chi connectivity index (χ0v) is 21.4. The second-order valence-electron chi connectivity index (χ2n) is 10.9. The molecule has 2 bridgehead atoms. The van der Waals surface area contributed by atoms with Gasteiger partial charge in [0.2, 0.25) is 5.91 Å². The molecule has 4 atom stereocenters. The third-order valence-corrected chi connectivity index (χ3v) is 6.79. The number of carbonyl (C=O) groups is 4. The number of rotatable bonds is 7. The molecule has 3 aliphatic heterocycles. The Morgan fingerprint density at radius 1 is 1.06 bits per heavy atom. The Labute approximate surface area is 211 Å². The molecule has 0 spiro atoms. The summed E-state index contributed by atoms with van der Waals surface area (Å²) in [5.74, 6) is -0.454. The van der Waals surface area contributed by atoms with E-state index in [-0.39, 0.29) is 42.8 Å². The van der Waals surface area contributed by atoms with E-state index in [1.165, 1.54) is 14.9 Å². The number of nitrogens with zero attached hydrogens (tertiary/aromatic N) is 3. The number of nitrogens with one attached hydrogen (secondary N) is 1. The highest BCUT2D eigenvalue weighted by atomic mass is 16.7. The fourth-order valence-electron chi connectivity index (χ4n) is 5.07. The molecule has 0 aromatic heterocycles. The Balaban J connectivity index is 1.31. The highest BCUT2D eigenvalue weighted by Crippen LogP contribution is 2.31. The maximum Gasteiger partial charge on any atom is 0.410 e. The Morgan fingerprint density at radius 2 is 1.78 bits per heavy atom. The Bertz CT molecular complexity index is 994. The number of hydrogen-bond acceptors (Lipinski definition) is 6. The number of piperidine rings is 1. The molecule has 1 aromatic carbocycles. The number of urea groups is 1. The fourth-order valence-corrected chi connectivity index (χ4v) is 5.07. The average Bonchev–Trinajstić information content (AvgIpc) is 3.33. The summed E-state index contributed by atoms with van der Waals surface area (Å²) in [5.41, 5.74) is 0.293. The summed E-state index contributed by atoms with van der Waals surface area (Å²) < 4.78 is 5.46. The van der Waals surface area contributed by atoms with Crippen molar-refractivity contribution in [1.82, 2.24) is 20.2 Å². The van der Waals surface area contributed by atoms with Gasteiger partial charge in [0, 0.05) is 13.1 Å². The molecular formula is C26H36N4O6. The number of Topliss-reactive ketones (excluding diaryl/α,β-unsaturated/α-hetero) is 1. The van der Waals surface area contributed by atoms with E-state index in [0.717, 1.165) is 5.56 Å². The lowest BCUT2D eigenvalue weighted by Gasteiger charge is -2.30. The number of hydrogen-bond donors (Lipinski definition) is 1. The topological polar surface area (TPSA) is 108 Å². The minimum Gasteiger partial charge on any atom is -0.444 e. The largest absolute Gasteiger partial charge is 0.444 e. The maximum absolute atomic E-state index is 13.0. The summed E-state index contributed by atoms with van der Waals surface area (Å²) in [4.78, 5) is 60.3. The molecule has 0 unspecified atom stereocenters. The van der Waals surface area contributed by atoms with Gasteiger partial charge in [-0.2, -0.15) is 5.06 Å². The van der Waals surface area contributed by atoms with Crippen molar-refractivity contribution in [1.29, 1.82) is 0 Å². The van der Waals surface area contributed by atoms with Gasteiger partial charge in [-0.1, -0.05) is 37.3 Å². The van der Waals surface area contributed by atoms with Gasteiger partial charge in [-0.25, -0.2) is 9.59 Å². The van der Waals surface area contributed by atoms with Crippen LogP contribution in [0.1, 0.15) is 52.5 Å². The van der Waals surface area contributed by atoms with Crippen LogP contribution in [0.3, 0.4) is 0 Å². The monoisotopic (exact) mass is 500 g/mol. The molecule has 3 saturated heterocycles. The predicted octanol–water partition coefficient (Wildman–Crippen LogP) is 2.72. The predicted molar refractivity (Wildman–Crippen MR) is 131 cm³/mol. The van der Waals surface area contributed by atoms with Crippen LogP contribution in [0.15, 0.2) is 30.3 Å². The maximum atomic E-state index is 13.0. The van der Waals surface area contributed by atoms with E-state index < -0.39 is 23.8 Å². The van der Waals surface area contributed by atoms with Gasteiger partial charge in [-0.05, 0) is 51.5 Å². The Morgan fingerprint density at radius 3 is 2.47 bits per heavy atom. The van der Waals surface area contributed by atoms with Crippen LogP contribution >= 0.6 is 0 Å². The summed E-state index contributed by atoms with van der Waals surface area (Å²) in [6.45, 7) is 8.24. The van der Waals surface area contributed by atoms with Crippen LogP contribution in [0.25, 0.3) is 0 Å². The van der Waals surface area contributed by atoms with Crippen LogP contribution < -0.4 is 5.32 Å². The molecule has 0 aliphatic carbocycles. The molecule has 4 rings (SSSR count). The molecule has 1 aromatic rings. The first-order valence-corrected chi connectivity index (χ1v) is 12.6. The minimum absolute atomic E-state index is 0.103. The van der Waals surface area contributed by atoms with E-state index in [1.807, 2.05) is 37.3 Å². The first-order chi connectivity index (χ1) is 17.0. The van der Waals surface area contributed by atoms with Gasteiger partial charge < -0.3 is 15.0 Å². The zero-order chi connectivity index (χ0) is 26.0. The van der Waals surface area contributed by atoms with Gasteiger partial charge in [0.25, 0.3) is 0 Å². The molecule has 10 nitrogen and oxygen atoms in total. The first-order valence-electron chi connectivity index (χ1n) is 12.6. The number of ketones is 1. The van der Waals surface area contributed by atoms with Gasteiger partial charge >= 0.3 is 12.1 Å². The van der Waals surface area contributed by atoms with Gasteiger partial charge in [-0.15, -0.1) is 0 Å². The molecule has 3 heterocycles. The molecule has 3 fully saturated rings. The molecule has 0 saturated carbocycles. The van der Waals surface area contributed by atoms with Crippen LogP contribution in [0, 0.1) is 5.92 Å². The molecule has 1 N–H and O–H groups in total. The summed E-state index contributed by atoms with van der Waals surface area (Å²) in [7, 11) is 0. The van der Waals surface area contributed by atoms with E-state index in [0.29, 0.717) is 32.4 Å². The van der Waals surface area contributed by atoms with E-state index in [2.05, 4.69) is 5.32 Å². The van der Waals surface area contributed by atoms with E-state index >= 15 is 0 Å². The van der Waals surface area contributed by atoms with Gasteiger partial charge in [-0.3, -0.25) is 19.3 Å². The lowest BCUT2D eigenvalue weighted by molar-refractivity contribution is -0.140. The number of ether oxygens (including phenoxy) is 1. The zero-order valence-electron chi connectivity index (χ0n) is 21.4. The van der Waals surface area contributed by atoms with Crippen molar-refractivity contribution in [3.63, 3.8) is 0 Å². The van der Waals surface area contributed by atoms with Crippen molar-refractivity contribution in [2.75, 3.05) is 19.6 Å². The molecule has 0 radical (unpaired) electrons. The van der Waals surface area contributed by atoms with Crippen LogP contribution in [-0.4, -0.2) is 82.0 Å². The number of likely N-dealkylation sites (tertiary alicyclic amines) is 1. The van der Waals surface area contributed by atoms with Gasteiger partial charge in [0.15, 0.2) is 5.78 Å². The van der Waals surface area contributed by atoms with Crippen molar-refractivity contribution in [2.24, 2.45) is 5.92 Å². The summed E-state index contributed by atoms with van der Waals surface area (Å²) in [6.07, 6.45) is 1.13. The number of amides is 4. The van der Waals surface area contributed by atoms with Gasteiger partial charge in [0.1, 0.15) is 18.2 Å². The molecule has 4 amide bonds. The lowest BCUT2D eigenvalue weighted by atomic mass is 10.00. The second-order valence-corrected chi connectivity index (χ2v) is 10.9. The number of fused-ring (bicyclic) bond motifs is 2. The van der Waals surface area contributed by atoms with Crippen LogP contribution in [-0.2, 0) is 25.8 Å². The number of carbonyl (C=O) groups excluding carboxylic acids is 4. The third kappa shape index (κ3) is 5.80. The highest BCUT2D eigenvalue weighted by molar-refractivity contribution is 5.94. The summed E-state index contributed by atoms with van der Waals surface area (Å²) >= 11 is 0. The van der Waals surface area contributed by atoms with Crippen molar-refractivity contribution >= 4 is 23.8 Å². The normalized spacial score (nSPS) is 25.8. The molecule has 196 valence electrons. The molecular weight excluding hydrogens is 464 g/mol. The fraction of sp³-hybridized carbons (Fsp3) is 0.615. The Kier molecular flexibility index (Phi) is 7.54. The van der Waals surface area contributed by atoms with E-state index in [1.54, 1.807) is 20.8 Å². The lowest BCUT2D eigenvalue weighted by Crippen LogP contribution is -2.52. The number of hydroxylamine groups is 2. The first kappa shape index (κ1) is 25.9. The van der Waals surface area contributed by atoms with E-state index in [9.17, 15) is 19.2 Å². The average molecular weight is 501 g/mol. The van der Waals surface area contributed by atoms with Crippen molar-refractivity contribution in [2.45, 2.75) is 77.3 Å². The Hall–Kier alpha value is -3.14. The van der Waals surface area contributed by atoms with Crippen molar-refractivity contribution in [3.05, 3.63) is 35.9 Å². The van der Waals surface area contributed by atoms with Crippen LogP contribution in [0.2, 0.25) is 0 Å². The van der Waals surface area contributed by atoms with Crippen molar-refractivity contribution < 1.29 is 28.8 Å². The van der Waals surface area contributed by atoms with Gasteiger partial charge in [0.05, 0.1) is 18.6 Å². The molecule has 10 heteroatoms. The standard InChI is InChI=1S/C26H36N4O6/c1-17-12-21(29(14-17)25(34)36-26(2,3)4)22(31)13-27-23(32)20-11-10-19-15-28(20)24(33)30(19)35-16-18-8-6-5-7-9-18/h5-9,17,19-21H,10-16H2,1-4H3,(H,27,32)/t17-,19-,20+,21-/m1/s1. The highest BCUT2D eigenvalue weighted by Gasteiger charge is 2.48. The van der Waals surface area contributed by atoms with Crippen LogP contribution in [0.5, 0.6) is 0 Å². The van der Waals surface area contributed by atoms with Crippen LogP contribution in [0.4, 0.5) is 9.59 Å². The second kappa shape index (κ2) is 10.5. The molecule has 36 heavy (non-hydrogen) atoms. The number of benzene rings is 1. The van der Waals surface area contributed by atoms with Crippen molar-refractivity contribution in [3.8, 4) is 0 Å². The quantitative estimate of drug-likeness (QED) is 0.617. The minimum atomic E-state index is -0.662. The SMILES string of the molecule is C[C@@H]1C[C@H](C(=O)CNC(=O)[C@@H]2CC[C@@H]3CN2C(=O)N3OCc2ccccc2)N(C(=O)OC(C)(C)C)C1. The molecule has 3 aliphatic rings. The summed E-state index contributed by atoms with van der Waals surface area (Å²) in [6, 6.07) is 7.86.